The minimum atomic E-state index is -0.713. The van der Waals surface area contributed by atoms with Crippen molar-refractivity contribution in [2.24, 2.45) is 23.2 Å². The van der Waals surface area contributed by atoms with Crippen LogP contribution in [0.4, 0.5) is 0 Å². The van der Waals surface area contributed by atoms with Crippen molar-refractivity contribution in [3.8, 4) is 0 Å². The number of fused-ring (bicyclic) bond motifs is 3. The highest BCUT2D eigenvalue weighted by molar-refractivity contribution is 5.74. The summed E-state index contributed by atoms with van der Waals surface area (Å²) >= 11 is 0. The van der Waals surface area contributed by atoms with Crippen LogP contribution in [0.15, 0.2) is 23.5 Å². The molecule has 6 aliphatic rings. The zero-order valence-corrected chi connectivity index (χ0v) is 21.8. The predicted octanol–water partition coefficient (Wildman–Crippen LogP) is 3.62. The molecule has 11 atom stereocenters. The Morgan fingerprint density at radius 1 is 1.22 bits per heavy atom. The second kappa shape index (κ2) is 9.09. The monoisotopic (exact) mass is 504 g/mol. The Hall–Kier alpha value is -1.45. The molecule has 0 bridgehead atoms. The van der Waals surface area contributed by atoms with Gasteiger partial charge in [-0.2, -0.15) is 0 Å². The van der Waals surface area contributed by atoms with Crippen molar-refractivity contribution in [2.45, 2.75) is 108 Å². The van der Waals surface area contributed by atoms with Gasteiger partial charge in [0.2, 0.25) is 5.79 Å². The molecule has 0 radical (unpaired) electrons. The van der Waals surface area contributed by atoms with E-state index in [0.29, 0.717) is 19.4 Å². The number of methoxy groups -OCH3 is 1. The number of ether oxygens (including phenoxy) is 6. The van der Waals surface area contributed by atoms with Gasteiger partial charge in [0.05, 0.1) is 43.0 Å². The molecular formula is C28H40O8. The maximum Gasteiger partial charge on any atom is 0.309 e. The first-order valence-corrected chi connectivity index (χ1v) is 13.6. The summed E-state index contributed by atoms with van der Waals surface area (Å²) in [6.45, 7) is 6.54. The first-order chi connectivity index (χ1) is 17.2. The minimum absolute atomic E-state index is 0.0155. The fourth-order valence-corrected chi connectivity index (χ4v) is 7.86. The third-order valence-corrected chi connectivity index (χ3v) is 10.0. The standard InChI is InChI=1S/C28H40O8/c1-15-25(29)21(31-4)12-23(34-15)35-18-9-10-27(2)17(11-18)6-7-19-20(27)8-5-16-13-32-28(3)24(16)22(14-33-28)36-26(19)30/h6,13,15,18-25,29H,5,7-12,14H2,1-4H3/t15?,18?,19-,20+,21?,22-,23+,24-,25?,27+,28+/m1/s1. The van der Waals surface area contributed by atoms with Crippen LogP contribution in [0.1, 0.15) is 65.7 Å². The molecule has 0 spiro atoms. The van der Waals surface area contributed by atoms with E-state index < -0.39 is 11.9 Å². The second-order valence-corrected chi connectivity index (χ2v) is 12.0. The molecule has 2 aliphatic carbocycles. The quantitative estimate of drug-likeness (QED) is 0.460. The van der Waals surface area contributed by atoms with Gasteiger partial charge in [-0.05, 0) is 62.4 Å². The van der Waals surface area contributed by atoms with Gasteiger partial charge in [-0.3, -0.25) is 4.79 Å². The number of aliphatic hydroxyl groups is 1. The maximum absolute atomic E-state index is 13.5. The average molecular weight is 505 g/mol. The van der Waals surface area contributed by atoms with E-state index in [1.165, 1.54) is 11.1 Å². The van der Waals surface area contributed by atoms with E-state index in [4.69, 9.17) is 28.4 Å². The second-order valence-electron chi connectivity index (χ2n) is 12.0. The number of rotatable bonds is 3. The summed E-state index contributed by atoms with van der Waals surface area (Å²) in [6.07, 6.45) is 8.04. The Bertz CT molecular complexity index is 946. The molecule has 4 heterocycles. The smallest absolute Gasteiger partial charge is 0.309 e. The van der Waals surface area contributed by atoms with Crippen molar-refractivity contribution in [2.75, 3.05) is 13.7 Å². The summed E-state index contributed by atoms with van der Waals surface area (Å²) in [5.74, 6) is -0.727. The van der Waals surface area contributed by atoms with Crippen LogP contribution in [-0.2, 0) is 33.2 Å². The summed E-state index contributed by atoms with van der Waals surface area (Å²) in [5.41, 5.74) is 2.54. The van der Waals surface area contributed by atoms with Gasteiger partial charge in [0.1, 0.15) is 12.2 Å². The van der Waals surface area contributed by atoms with Crippen LogP contribution in [-0.4, -0.2) is 67.4 Å². The summed E-state index contributed by atoms with van der Waals surface area (Å²) in [7, 11) is 1.62. The van der Waals surface area contributed by atoms with E-state index in [0.717, 1.165) is 32.1 Å². The van der Waals surface area contributed by atoms with Crippen LogP contribution in [0.5, 0.6) is 0 Å². The SMILES string of the molecule is COC1C[C@H](OC2CC[C@@]3(C)C(=CC[C@H]4C(=O)O[C@@H]5CO[C@]6(C)OC=C(CC[C@@H]43)[C@H]56)C2)OC(C)C1O. The predicted molar refractivity (Wildman–Crippen MR) is 128 cm³/mol. The van der Waals surface area contributed by atoms with Crippen molar-refractivity contribution in [1.29, 1.82) is 0 Å². The zero-order chi connectivity index (χ0) is 25.2. The average Bonchev–Trinajstić information content (AvgIpc) is 3.36. The Balaban J connectivity index is 1.18. The van der Waals surface area contributed by atoms with E-state index in [9.17, 15) is 9.90 Å². The van der Waals surface area contributed by atoms with Crippen molar-refractivity contribution in [3.63, 3.8) is 0 Å². The number of carbonyl (C=O) groups excluding carboxylic acids is 1. The lowest BCUT2D eigenvalue weighted by Crippen LogP contribution is -2.50. The van der Waals surface area contributed by atoms with Gasteiger partial charge in [-0.25, -0.2) is 0 Å². The van der Waals surface area contributed by atoms with E-state index in [2.05, 4.69) is 13.0 Å². The van der Waals surface area contributed by atoms with Crippen LogP contribution in [0.25, 0.3) is 0 Å². The first kappa shape index (κ1) is 24.9. The van der Waals surface area contributed by atoms with Crippen LogP contribution < -0.4 is 0 Å². The molecule has 36 heavy (non-hydrogen) atoms. The molecule has 200 valence electrons. The highest BCUT2D eigenvalue weighted by Crippen LogP contribution is 2.57. The van der Waals surface area contributed by atoms with Gasteiger partial charge in [0.25, 0.3) is 0 Å². The lowest BCUT2D eigenvalue weighted by Gasteiger charge is -2.50. The molecular weight excluding hydrogens is 464 g/mol. The molecule has 3 saturated heterocycles. The molecule has 1 N–H and O–H groups in total. The molecule has 4 aliphatic heterocycles. The number of esters is 1. The van der Waals surface area contributed by atoms with Crippen molar-refractivity contribution >= 4 is 5.97 Å². The fraction of sp³-hybridized carbons (Fsp3) is 0.821. The summed E-state index contributed by atoms with van der Waals surface area (Å²) < 4.78 is 35.8. The third kappa shape index (κ3) is 3.95. The molecule has 4 fully saturated rings. The molecule has 4 unspecified atom stereocenters. The topological polar surface area (TPSA) is 92.7 Å². The molecule has 6 rings (SSSR count). The number of hydrogen-bond donors (Lipinski definition) is 1. The largest absolute Gasteiger partial charge is 0.469 e. The van der Waals surface area contributed by atoms with E-state index >= 15 is 0 Å². The van der Waals surface area contributed by atoms with Gasteiger partial charge < -0.3 is 33.5 Å². The Morgan fingerprint density at radius 3 is 2.86 bits per heavy atom. The number of hydrogen-bond acceptors (Lipinski definition) is 8. The van der Waals surface area contributed by atoms with Crippen molar-refractivity contribution < 1.29 is 38.3 Å². The van der Waals surface area contributed by atoms with Crippen LogP contribution >= 0.6 is 0 Å². The molecule has 0 aromatic rings. The van der Waals surface area contributed by atoms with Gasteiger partial charge in [0.15, 0.2) is 6.29 Å². The lowest BCUT2D eigenvalue weighted by molar-refractivity contribution is -0.265. The van der Waals surface area contributed by atoms with Crippen molar-refractivity contribution in [1.82, 2.24) is 0 Å². The molecule has 0 aromatic carbocycles. The molecule has 0 amide bonds. The zero-order valence-electron chi connectivity index (χ0n) is 21.8. The van der Waals surface area contributed by atoms with Crippen LogP contribution in [0, 0.1) is 23.2 Å². The van der Waals surface area contributed by atoms with E-state index in [1.54, 1.807) is 7.11 Å². The molecule has 8 nitrogen and oxygen atoms in total. The fourth-order valence-electron chi connectivity index (χ4n) is 7.86. The van der Waals surface area contributed by atoms with Gasteiger partial charge in [-0.15, -0.1) is 0 Å². The van der Waals surface area contributed by atoms with Gasteiger partial charge in [-0.1, -0.05) is 18.6 Å². The summed E-state index contributed by atoms with van der Waals surface area (Å²) in [6, 6.07) is 0. The lowest BCUT2D eigenvalue weighted by atomic mass is 9.55. The Labute approximate surface area is 213 Å². The van der Waals surface area contributed by atoms with Gasteiger partial charge in [0, 0.05) is 20.5 Å². The van der Waals surface area contributed by atoms with E-state index in [-0.39, 0.29) is 59.8 Å². The third-order valence-electron chi connectivity index (χ3n) is 10.0. The Kier molecular flexibility index (Phi) is 6.27. The molecule has 8 heteroatoms. The Morgan fingerprint density at radius 2 is 2.06 bits per heavy atom. The van der Waals surface area contributed by atoms with E-state index in [1.807, 2.05) is 20.1 Å². The summed E-state index contributed by atoms with van der Waals surface area (Å²) in [4.78, 5) is 13.5. The maximum atomic E-state index is 13.5. The van der Waals surface area contributed by atoms with Crippen LogP contribution in [0.2, 0.25) is 0 Å². The number of carbonyl (C=O) groups is 1. The highest BCUT2D eigenvalue weighted by Gasteiger charge is 2.58. The van der Waals surface area contributed by atoms with Crippen molar-refractivity contribution in [3.05, 3.63) is 23.5 Å². The molecule has 0 aromatic heterocycles. The minimum Gasteiger partial charge on any atom is -0.469 e. The summed E-state index contributed by atoms with van der Waals surface area (Å²) in [5, 5.41) is 10.3. The number of allylic oxidation sites excluding steroid dienone is 1. The van der Waals surface area contributed by atoms with Gasteiger partial charge >= 0.3 is 5.97 Å². The van der Waals surface area contributed by atoms with Crippen LogP contribution in [0.3, 0.4) is 0 Å². The molecule has 1 saturated carbocycles. The highest BCUT2D eigenvalue weighted by atomic mass is 16.7. The first-order valence-electron chi connectivity index (χ1n) is 13.6. The normalized spacial score (nSPS) is 50.2. The number of aliphatic hydroxyl groups excluding tert-OH is 1.